The molecule has 1 heterocycles. The summed E-state index contributed by atoms with van der Waals surface area (Å²) in [6.07, 6.45) is -2.35. The lowest BCUT2D eigenvalue weighted by Crippen LogP contribution is -2.18. The van der Waals surface area contributed by atoms with Crippen LogP contribution in [-0.2, 0) is 17.5 Å². The third-order valence-electron chi connectivity index (χ3n) is 2.95. The summed E-state index contributed by atoms with van der Waals surface area (Å²) in [5.74, 6) is -1.78. The minimum atomic E-state index is -4.57. The van der Waals surface area contributed by atoms with Gasteiger partial charge in [0.05, 0.1) is 23.0 Å². The van der Waals surface area contributed by atoms with Crippen LogP contribution in [0.25, 0.3) is 0 Å². The summed E-state index contributed by atoms with van der Waals surface area (Å²) >= 11 is 0. The van der Waals surface area contributed by atoms with E-state index in [1.165, 1.54) is 23.0 Å². The van der Waals surface area contributed by atoms with Gasteiger partial charge >= 0.3 is 12.1 Å². The van der Waals surface area contributed by atoms with Crippen molar-refractivity contribution in [2.24, 2.45) is 0 Å². The number of alkyl halides is 3. The van der Waals surface area contributed by atoms with Gasteiger partial charge in [0.1, 0.15) is 0 Å². The number of carboxylic acids is 1. The Morgan fingerprint density at radius 1 is 1.26 bits per heavy atom. The molecule has 0 saturated heterocycles. The molecule has 23 heavy (non-hydrogen) atoms. The number of nitrogens with one attached hydrogen (secondary N) is 1. The number of aromatic carboxylic acids is 1. The number of carbonyl (C=O) groups is 2. The molecule has 2 N–H and O–H groups in total. The van der Waals surface area contributed by atoms with Gasteiger partial charge in [0, 0.05) is 19.2 Å². The van der Waals surface area contributed by atoms with Crippen LogP contribution in [0.2, 0.25) is 0 Å². The van der Waals surface area contributed by atoms with E-state index in [0.717, 1.165) is 18.3 Å². The first-order valence-electron chi connectivity index (χ1n) is 6.49. The van der Waals surface area contributed by atoms with Crippen LogP contribution in [0.15, 0.2) is 36.7 Å². The Bertz CT molecular complexity index is 725. The highest BCUT2D eigenvalue weighted by atomic mass is 19.4. The lowest BCUT2D eigenvalue weighted by atomic mass is 10.1. The number of aryl methyl sites for hydroxylation is 1. The minimum Gasteiger partial charge on any atom is -0.478 e. The molecule has 0 spiro atoms. The molecule has 0 radical (unpaired) electrons. The minimum absolute atomic E-state index is 0.0344. The predicted octanol–water partition coefficient (Wildman–Crippen LogP) is 2.63. The Morgan fingerprint density at radius 2 is 1.96 bits per heavy atom. The zero-order valence-corrected chi connectivity index (χ0v) is 11.7. The molecule has 0 aliphatic heterocycles. The monoisotopic (exact) mass is 327 g/mol. The Kier molecular flexibility index (Phi) is 4.68. The second-order valence-corrected chi connectivity index (χ2v) is 4.64. The van der Waals surface area contributed by atoms with Crippen molar-refractivity contribution >= 4 is 17.6 Å². The van der Waals surface area contributed by atoms with E-state index in [9.17, 15) is 22.8 Å². The molecule has 1 amide bonds. The number of aromatic nitrogens is 2. The van der Waals surface area contributed by atoms with Crippen LogP contribution in [-0.4, -0.2) is 26.8 Å². The summed E-state index contributed by atoms with van der Waals surface area (Å²) < 4.78 is 39.7. The number of para-hydroxylation sites is 1. The summed E-state index contributed by atoms with van der Waals surface area (Å²) in [7, 11) is 0. The van der Waals surface area contributed by atoms with Crippen molar-refractivity contribution in [2.75, 3.05) is 5.32 Å². The molecule has 122 valence electrons. The maximum absolute atomic E-state index is 12.8. The number of hydrogen-bond donors (Lipinski definition) is 2. The molecular formula is C14H12F3N3O3. The first kappa shape index (κ1) is 16.5. The van der Waals surface area contributed by atoms with Gasteiger partial charge in [0.2, 0.25) is 5.91 Å². The normalized spacial score (nSPS) is 11.3. The van der Waals surface area contributed by atoms with Gasteiger partial charge in [-0.05, 0) is 12.1 Å². The number of carbonyl (C=O) groups excluding carboxylic acids is 1. The van der Waals surface area contributed by atoms with E-state index in [4.69, 9.17) is 5.11 Å². The van der Waals surface area contributed by atoms with Crippen molar-refractivity contribution in [3.8, 4) is 0 Å². The lowest BCUT2D eigenvalue weighted by molar-refractivity contribution is -0.137. The van der Waals surface area contributed by atoms with Gasteiger partial charge in [-0.15, -0.1) is 0 Å². The summed E-state index contributed by atoms with van der Waals surface area (Å²) in [5.41, 5.74) is -1.29. The van der Waals surface area contributed by atoms with Crippen molar-refractivity contribution in [1.82, 2.24) is 9.78 Å². The number of amides is 1. The fourth-order valence-corrected chi connectivity index (χ4v) is 1.86. The molecule has 0 unspecified atom stereocenters. The van der Waals surface area contributed by atoms with Gasteiger partial charge in [-0.3, -0.25) is 9.48 Å². The Balaban J connectivity index is 1.99. The fourth-order valence-electron chi connectivity index (χ4n) is 1.86. The third kappa shape index (κ3) is 4.31. The molecule has 1 aromatic heterocycles. The standard InChI is InChI=1S/C14H12F3N3O3/c15-14(16,17)10-3-1-2-4-11(10)19-12(21)5-6-20-8-9(7-18-20)13(22)23/h1-4,7-8H,5-6H2,(H,19,21)(H,22,23). The number of halogens is 3. The predicted molar refractivity (Wildman–Crippen MR) is 73.9 cm³/mol. The fraction of sp³-hybridized carbons (Fsp3) is 0.214. The third-order valence-corrected chi connectivity index (χ3v) is 2.95. The van der Waals surface area contributed by atoms with Gasteiger partial charge < -0.3 is 10.4 Å². The number of rotatable bonds is 5. The van der Waals surface area contributed by atoms with Crippen molar-refractivity contribution < 1.29 is 27.9 Å². The molecule has 1 aromatic carbocycles. The van der Waals surface area contributed by atoms with E-state index in [-0.39, 0.29) is 24.2 Å². The summed E-state index contributed by atoms with van der Waals surface area (Å²) in [6.45, 7) is 0.0489. The highest BCUT2D eigenvalue weighted by Gasteiger charge is 2.33. The van der Waals surface area contributed by atoms with E-state index in [1.807, 2.05) is 0 Å². The SMILES string of the molecule is O=C(CCn1cc(C(=O)O)cn1)Nc1ccccc1C(F)(F)F. The largest absolute Gasteiger partial charge is 0.478 e. The number of carboxylic acid groups (broad SMARTS) is 1. The van der Waals surface area contributed by atoms with Gasteiger partial charge in [-0.25, -0.2) is 4.79 Å². The quantitative estimate of drug-likeness (QED) is 0.884. The Morgan fingerprint density at radius 3 is 2.57 bits per heavy atom. The maximum Gasteiger partial charge on any atom is 0.418 e. The average Bonchev–Trinajstić information content (AvgIpc) is 2.94. The van der Waals surface area contributed by atoms with E-state index >= 15 is 0 Å². The van der Waals surface area contributed by atoms with Crippen LogP contribution < -0.4 is 5.32 Å². The highest BCUT2D eigenvalue weighted by molar-refractivity contribution is 5.91. The molecule has 0 bridgehead atoms. The lowest BCUT2D eigenvalue weighted by Gasteiger charge is -2.13. The Hall–Kier alpha value is -2.84. The number of nitrogens with zero attached hydrogens (tertiary/aromatic N) is 2. The van der Waals surface area contributed by atoms with Crippen LogP contribution in [0.5, 0.6) is 0 Å². The van der Waals surface area contributed by atoms with E-state index in [0.29, 0.717) is 0 Å². The second kappa shape index (κ2) is 6.51. The van der Waals surface area contributed by atoms with Crippen LogP contribution in [0.3, 0.4) is 0 Å². The van der Waals surface area contributed by atoms with Crippen LogP contribution >= 0.6 is 0 Å². The average molecular weight is 327 g/mol. The van der Waals surface area contributed by atoms with Crippen molar-refractivity contribution in [3.63, 3.8) is 0 Å². The molecule has 0 fully saturated rings. The van der Waals surface area contributed by atoms with Crippen molar-refractivity contribution in [3.05, 3.63) is 47.8 Å². The molecule has 0 saturated carbocycles. The molecule has 2 rings (SSSR count). The van der Waals surface area contributed by atoms with Crippen LogP contribution in [0.4, 0.5) is 18.9 Å². The topological polar surface area (TPSA) is 84.2 Å². The molecule has 0 aliphatic rings. The highest BCUT2D eigenvalue weighted by Crippen LogP contribution is 2.34. The molecule has 2 aromatic rings. The summed E-state index contributed by atoms with van der Waals surface area (Å²) in [6, 6.07) is 4.66. The maximum atomic E-state index is 12.8. The van der Waals surface area contributed by atoms with Crippen LogP contribution in [0.1, 0.15) is 22.3 Å². The molecular weight excluding hydrogens is 315 g/mol. The number of hydrogen-bond acceptors (Lipinski definition) is 3. The van der Waals surface area contributed by atoms with Gasteiger partial charge in [-0.1, -0.05) is 12.1 Å². The van der Waals surface area contributed by atoms with Crippen molar-refractivity contribution in [1.29, 1.82) is 0 Å². The molecule has 6 nitrogen and oxygen atoms in total. The zero-order chi connectivity index (χ0) is 17.0. The molecule has 0 aliphatic carbocycles. The zero-order valence-electron chi connectivity index (χ0n) is 11.7. The van der Waals surface area contributed by atoms with E-state index < -0.39 is 23.6 Å². The number of benzene rings is 1. The molecule has 0 atom stereocenters. The smallest absolute Gasteiger partial charge is 0.418 e. The van der Waals surface area contributed by atoms with Gasteiger partial charge in [0.15, 0.2) is 0 Å². The molecule has 9 heteroatoms. The summed E-state index contributed by atoms with van der Waals surface area (Å²) in [4.78, 5) is 22.5. The second-order valence-electron chi connectivity index (χ2n) is 4.64. The summed E-state index contributed by atoms with van der Waals surface area (Å²) in [5, 5.41) is 14.7. The van der Waals surface area contributed by atoms with E-state index in [1.54, 1.807) is 0 Å². The Labute approximate surface area is 128 Å². The van der Waals surface area contributed by atoms with Gasteiger partial charge in [-0.2, -0.15) is 18.3 Å². The van der Waals surface area contributed by atoms with Gasteiger partial charge in [0.25, 0.3) is 0 Å². The van der Waals surface area contributed by atoms with E-state index in [2.05, 4.69) is 10.4 Å². The van der Waals surface area contributed by atoms with Crippen LogP contribution in [0, 0.1) is 0 Å². The van der Waals surface area contributed by atoms with Crippen molar-refractivity contribution in [2.45, 2.75) is 19.1 Å². The first-order valence-corrected chi connectivity index (χ1v) is 6.49. The first-order chi connectivity index (χ1) is 10.8. The number of anilines is 1.